The van der Waals surface area contributed by atoms with E-state index in [1.807, 2.05) is 0 Å². The summed E-state index contributed by atoms with van der Waals surface area (Å²) in [5, 5.41) is 6.81. The zero-order valence-electron chi connectivity index (χ0n) is 9.48. The van der Waals surface area contributed by atoms with Crippen molar-refractivity contribution in [3.63, 3.8) is 0 Å². The first-order chi connectivity index (χ1) is 8.76. The van der Waals surface area contributed by atoms with Crippen LogP contribution in [0.3, 0.4) is 0 Å². The Hall–Kier alpha value is -1.40. The lowest BCUT2D eigenvalue weighted by Gasteiger charge is -2.10. The van der Waals surface area contributed by atoms with Gasteiger partial charge in [-0.05, 0) is 25.1 Å². The third-order valence-electron chi connectivity index (χ3n) is 2.24. The van der Waals surface area contributed by atoms with Crippen LogP contribution in [0.2, 0.25) is 10.0 Å². The SMILES string of the molecule is Cc1[nH]nc(-c2cc(Cl)cc(Cl)c2)c1OC(F)(F)F. The summed E-state index contributed by atoms with van der Waals surface area (Å²) in [6, 6.07) is 4.37. The standard InChI is InChI=1S/C11H7Cl2F3N2O/c1-5-10(19-11(14,15)16)9(18-17-5)6-2-7(12)4-8(13)3-6/h2-4H,1H3,(H,17,18). The maximum absolute atomic E-state index is 12.3. The van der Waals surface area contributed by atoms with E-state index in [1.165, 1.54) is 25.1 Å². The van der Waals surface area contributed by atoms with Gasteiger partial charge in [-0.2, -0.15) is 5.10 Å². The summed E-state index contributed by atoms with van der Waals surface area (Å²) in [7, 11) is 0. The highest BCUT2D eigenvalue weighted by atomic mass is 35.5. The summed E-state index contributed by atoms with van der Waals surface area (Å²) in [4.78, 5) is 0. The summed E-state index contributed by atoms with van der Waals surface area (Å²) in [6.45, 7) is 1.42. The zero-order valence-corrected chi connectivity index (χ0v) is 11.0. The van der Waals surface area contributed by atoms with Crippen molar-refractivity contribution >= 4 is 23.2 Å². The van der Waals surface area contributed by atoms with Crippen LogP contribution < -0.4 is 4.74 Å². The molecule has 2 aromatic rings. The largest absolute Gasteiger partial charge is 0.573 e. The van der Waals surface area contributed by atoms with Gasteiger partial charge < -0.3 is 4.74 Å². The molecule has 0 fully saturated rings. The van der Waals surface area contributed by atoms with Crippen molar-refractivity contribution in [1.29, 1.82) is 0 Å². The molecule has 102 valence electrons. The number of nitrogens with zero attached hydrogens (tertiary/aromatic N) is 1. The number of benzene rings is 1. The molecule has 0 aliphatic rings. The van der Waals surface area contributed by atoms with E-state index in [1.54, 1.807) is 0 Å². The zero-order chi connectivity index (χ0) is 14.2. The molecule has 0 saturated carbocycles. The summed E-state index contributed by atoms with van der Waals surface area (Å²) in [6.07, 6.45) is -4.80. The normalized spacial score (nSPS) is 11.7. The smallest absolute Gasteiger partial charge is 0.401 e. The lowest BCUT2D eigenvalue weighted by molar-refractivity contribution is -0.274. The Morgan fingerprint density at radius 2 is 1.74 bits per heavy atom. The number of halogens is 5. The number of H-pyrrole nitrogens is 1. The number of hydrogen-bond acceptors (Lipinski definition) is 2. The molecule has 0 unspecified atom stereocenters. The molecule has 2 rings (SSSR count). The molecule has 0 spiro atoms. The third-order valence-corrected chi connectivity index (χ3v) is 2.68. The van der Waals surface area contributed by atoms with Gasteiger partial charge in [0.1, 0.15) is 5.69 Å². The fourth-order valence-corrected chi connectivity index (χ4v) is 2.07. The molecular formula is C11H7Cl2F3N2O. The molecule has 3 nitrogen and oxygen atoms in total. The van der Waals surface area contributed by atoms with Gasteiger partial charge in [0.05, 0.1) is 5.69 Å². The highest BCUT2D eigenvalue weighted by Crippen LogP contribution is 2.36. The van der Waals surface area contributed by atoms with Crippen molar-refractivity contribution in [3.8, 4) is 17.0 Å². The van der Waals surface area contributed by atoms with Crippen molar-refractivity contribution in [2.24, 2.45) is 0 Å². The first-order valence-electron chi connectivity index (χ1n) is 5.03. The molecule has 8 heteroatoms. The minimum absolute atomic E-state index is 0.000718. The average Bonchev–Trinajstić information content (AvgIpc) is 2.57. The summed E-state index contributed by atoms with van der Waals surface area (Å²) in [5.74, 6) is -0.397. The van der Waals surface area contributed by atoms with Crippen LogP contribution in [-0.4, -0.2) is 16.6 Å². The van der Waals surface area contributed by atoms with E-state index in [9.17, 15) is 13.2 Å². The number of aromatic nitrogens is 2. The maximum Gasteiger partial charge on any atom is 0.573 e. The van der Waals surface area contributed by atoms with Crippen LogP contribution in [0.5, 0.6) is 5.75 Å². The Morgan fingerprint density at radius 3 is 2.26 bits per heavy atom. The van der Waals surface area contributed by atoms with Gasteiger partial charge in [0.15, 0.2) is 5.75 Å². The number of aryl methyl sites for hydroxylation is 1. The number of alkyl halides is 3. The van der Waals surface area contributed by atoms with Gasteiger partial charge in [0, 0.05) is 15.6 Å². The van der Waals surface area contributed by atoms with Crippen LogP contribution in [-0.2, 0) is 0 Å². The van der Waals surface area contributed by atoms with Gasteiger partial charge in [-0.25, -0.2) is 0 Å². The first kappa shape index (κ1) is 14.0. The molecule has 0 atom stereocenters. The lowest BCUT2D eigenvalue weighted by Crippen LogP contribution is -2.17. The van der Waals surface area contributed by atoms with Gasteiger partial charge in [-0.1, -0.05) is 23.2 Å². The fourth-order valence-electron chi connectivity index (χ4n) is 1.55. The molecule has 1 heterocycles. The molecule has 0 aliphatic heterocycles. The van der Waals surface area contributed by atoms with Gasteiger partial charge >= 0.3 is 6.36 Å². The average molecular weight is 311 g/mol. The van der Waals surface area contributed by atoms with Crippen LogP contribution >= 0.6 is 23.2 Å². The van der Waals surface area contributed by atoms with Gasteiger partial charge in [0.2, 0.25) is 0 Å². The minimum atomic E-state index is -4.80. The van der Waals surface area contributed by atoms with E-state index in [0.717, 1.165) is 0 Å². The Morgan fingerprint density at radius 1 is 1.16 bits per heavy atom. The van der Waals surface area contributed by atoms with Crippen LogP contribution in [0.4, 0.5) is 13.2 Å². The van der Waals surface area contributed by atoms with E-state index in [2.05, 4.69) is 14.9 Å². The number of hydrogen-bond donors (Lipinski definition) is 1. The quantitative estimate of drug-likeness (QED) is 0.881. The topological polar surface area (TPSA) is 37.9 Å². The molecule has 1 aromatic carbocycles. The predicted molar refractivity (Wildman–Crippen MR) is 65.5 cm³/mol. The number of nitrogens with one attached hydrogen (secondary N) is 1. The monoisotopic (exact) mass is 310 g/mol. The molecular weight excluding hydrogens is 304 g/mol. The van der Waals surface area contributed by atoms with E-state index >= 15 is 0 Å². The van der Waals surface area contributed by atoms with Gasteiger partial charge in [-0.3, -0.25) is 5.10 Å². The van der Waals surface area contributed by atoms with Gasteiger partial charge in [-0.15, -0.1) is 13.2 Å². The molecule has 0 amide bonds. The Labute approximate surface area is 116 Å². The number of rotatable bonds is 2. The van der Waals surface area contributed by atoms with Crippen molar-refractivity contribution in [3.05, 3.63) is 33.9 Å². The van der Waals surface area contributed by atoms with Crippen molar-refractivity contribution < 1.29 is 17.9 Å². The second-order valence-electron chi connectivity index (χ2n) is 3.73. The van der Waals surface area contributed by atoms with Crippen LogP contribution in [0.25, 0.3) is 11.3 Å². The van der Waals surface area contributed by atoms with Crippen LogP contribution in [0, 0.1) is 6.92 Å². The summed E-state index contributed by atoms with van der Waals surface area (Å²) < 4.78 is 41.0. The molecule has 0 saturated heterocycles. The molecule has 0 aliphatic carbocycles. The third kappa shape index (κ3) is 3.33. The van der Waals surface area contributed by atoms with E-state index < -0.39 is 12.1 Å². The van der Waals surface area contributed by atoms with Crippen molar-refractivity contribution in [2.45, 2.75) is 13.3 Å². The van der Waals surface area contributed by atoms with Crippen molar-refractivity contribution in [2.75, 3.05) is 0 Å². The van der Waals surface area contributed by atoms with E-state index in [-0.39, 0.29) is 11.4 Å². The second kappa shape index (κ2) is 4.94. The minimum Gasteiger partial charge on any atom is -0.401 e. The fraction of sp³-hybridized carbons (Fsp3) is 0.182. The highest BCUT2D eigenvalue weighted by Gasteiger charge is 2.34. The van der Waals surface area contributed by atoms with E-state index in [0.29, 0.717) is 15.6 Å². The molecule has 1 N–H and O–H groups in total. The molecule has 1 aromatic heterocycles. The predicted octanol–water partition coefficient (Wildman–Crippen LogP) is 4.59. The second-order valence-corrected chi connectivity index (χ2v) is 4.61. The summed E-state index contributed by atoms with van der Waals surface area (Å²) >= 11 is 11.6. The Balaban J connectivity index is 2.51. The van der Waals surface area contributed by atoms with E-state index in [4.69, 9.17) is 23.2 Å². The van der Waals surface area contributed by atoms with Crippen molar-refractivity contribution in [1.82, 2.24) is 10.2 Å². The molecule has 0 bridgehead atoms. The van der Waals surface area contributed by atoms with Crippen LogP contribution in [0.1, 0.15) is 5.69 Å². The lowest BCUT2D eigenvalue weighted by atomic mass is 10.1. The molecule has 0 radical (unpaired) electrons. The summed E-state index contributed by atoms with van der Waals surface area (Å²) in [5.41, 5.74) is 0.490. The highest BCUT2D eigenvalue weighted by molar-refractivity contribution is 6.35. The first-order valence-corrected chi connectivity index (χ1v) is 5.79. The maximum atomic E-state index is 12.3. The van der Waals surface area contributed by atoms with Gasteiger partial charge in [0.25, 0.3) is 0 Å². The number of ether oxygens (including phenoxy) is 1. The Bertz CT molecular complexity index is 590. The number of aromatic amines is 1. The van der Waals surface area contributed by atoms with Crippen LogP contribution in [0.15, 0.2) is 18.2 Å². The Kier molecular flexibility index (Phi) is 3.64. The molecule has 19 heavy (non-hydrogen) atoms.